The Morgan fingerprint density at radius 3 is 2.81 bits per heavy atom. The Hall–Kier alpha value is -1.90. The van der Waals surface area contributed by atoms with Gasteiger partial charge in [0.05, 0.1) is 18.7 Å². The van der Waals surface area contributed by atoms with E-state index < -0.39 is 36.4 Å². The molecule has 2 aliphatic rings. The number of aliphatic hydroxyl groups excluding tert-OH is 1. The number of aromatic nitrogens is 2. The minimum absolute atomic E-state index is 0.279. The number of alkyl halides is 3. The summed E-state index contributed by atoms with van der Waals surface area (Å²) in [6, 6.07) is 0. The van der Waals surface area contributed by atoms with Gasteiger partial charge in [-0.05, 0) is 19.3 Å². The Labute approximate surface area is 150 Å². The van der Waals surface area contributed by atoms with Gasteiger partial charge in [0.15, 0.2) is 0 Å². The summed E-state index contributed by atoms with van der Waals surface area (Å²) in [7, 11) is 0. The van der Waals surface area contributed by atoms with Crippen LogP contribution < -0.4 is 4.90 Å². The molecule has 0 aromatic carbocycles. The molecule has 0 radical (unpaired) electrons. The van der Waals surface area contributed by atoms with Gasteiger partial charge >= 0.3 is 6.18 Å². The Morgan fingerprint density at radius 1 is 1.31 bits per heavy atom. The number of hydrogen-bond acceptors (Lipinski definition) is 5. The molecule has 9 heteroatoms. The van der Waals surface area contributed by atoms with Crippen LogP contribution in [0.1, 0.15) is 32.1 Å². The van der Waals surface area contributed by atoms with E-state index >= 15 is 0 Å². The fraction of sp³-hybridized carbons (Fsp3) is 0.706. The molecule has 2 atom stereocenters. The number of nitrogens with zero attached hydrogens (tertiary/aromatic N) is 4. The molecule has 26 heavy (non-hydrogen) atoms. The zero-order valence-electron chi connectivity index (χ0n) is 14.5. The predicted molar refractivity (Wildman–Crippen MR) is 88.4 cm³/mol. The Kier molecular flexibility index (Phi) is 5.36. The van der Waals surface area contributed by atoms with Crippen LogP contribution in [0.4, 0.5) is 19.0 Å². The summed E-state index contributed by atoms with van der Waals surface area (Å²) in [5.74, 6) is 0.213. The van der Waals surface area contributed by atoms with Gasteiger partial charge in [-0.25, -0.2) is 4.98 Å². The number of carbonyl (C=O) groups is 1. The Morgan fingerprint density at radius 2 is 2.12 bits per heavy atom. The van der Waals surface area contributed by atoms with Crippen LogP contribution in [-0.2, 0) is 4.79 Å². The third-order valence-corrected chi connectivity index (χ3v) is 5.34. The molecular weight excluding hydrogens is 349 g/mol. The molecule has 0 bridgehead atoms. The first-order chi connectivity index (χ1) is 12.3. The van der Waals surface area contributed by atoms with Crippen molar-refractivity contribution in [2.24, 2.45) is 5.41 Å². The van der Waals surface area contributed by atoms with Crippen LogP contribution in [0.3, 0.4) is 0 Å². The maximum absolute atomic E-state index is 12.4. The predicted octanol–water partition coefficient (Wildman–Crippen LogP) is 2.00. The highest BCUT2D eigenvalue weighted by molar-refractivity contribution is 5.76. The van der Waals surface area contributed by atoms with E-state index in [0.29, 0.717) is 38.3 Å². The molecule has 0 aliphatic carbocycles. The molecule has 1 aromatic heterocycles. The van der Waals surface area contributed by atoms with Crippen LogP contribution in [-0.4, -0.2) is 64.3 Å². The van der Waals surface area contributed by atoms with Crippen molar-refractivity contribution >= 4 is 11.7 Å². The number of rotatable bonds is 3. The average molecular weight is 372 g/mol. The molecule has 3 rings (SSSR count). The third kappa shape index (κ3) is 4.25. The first-order valence-corrected chi connectivity index (χ1v) is 8.83. The normalized spacial score (nSPS) is 27.0. The zero-order chi connectivity index (χ0) is 18.8. The van der Waals surface area contributed by atoms with Crippen molar-refractivity contribution in [2.75, 3.05) is 31.1 Å². The zero-order valence-corrected chi connectivity index (χ0v) is 14.5. The maximum Gasteiger partial charge on any atom is 0.389 e. The van der Waals surface area contributed by atoms with E-state index in [4.69, 9.17) is 0 Å². The van der Waals surface area contributed by atoms with E-state index in [1.165, 1.54) is 4.90 Å². The van der Waals surface area contributed by atoms with Gasteiger partial charge < -0.3 is 14.9 Å². The number of halogens is 3. The number of amides is 1. The highest BCUT2D eigenvalue weighted by atomic mass is 19.4. The largest absolute Gasteiger partial charge is 0.392 e. The fourth-order valence-electron chi connectivity index (χ4n) is 3.98. The van der Waals surface area contributed by atoms with Crippen LogP contribution in [0, 0.1) is 5.41 Å². The van der Waals surface area contributed by atoms with Crippen LogP contribution in [0.2, 0.25) is 0 Å². The van der Waals surface area contributed by atoms with Gasteiger partial charge in [0.2, 0.25) is 5.91 Å². The molecule has 1 spiro atoms. The molecular formula is C17H23F3N4O2. The van der Waals surface area contributed by atoms with Gasteiger partial charge in [-0.2, -0.15) is 13.2 Å². The van der Waals surface area contributed by atoms with Crippen molar-refractivity contribution in [3.63, 3.8) is 0 Å². The summed E-state index contributed by atoms with van der Waals surface area (Å²) in [6.07, 6.45) is 0.191. The second kappa shape index (κ2) is 7.38. The summed E-state index contributed by atoms with van der Waals surface area (Å²) in [4.78, 5) is 24.1. The van der Waals surface area contributed by atoms with Crippen LogP contribution >= 0.6 is 0 Å². The summed E-state index contributed by atoms with van der Waals surface area (Å²) in [5.41, 5.74) is -0.540. The van der Waals surface area contributed by atoms with Gasteiger partial charge in [-0.1, -0.05) is 0 Å². The van der Waals surface area contributed by atoms with Crippen molar-refractivity contribution in [1.29, 1.82) is 0 Å². The standard InChI is InChI=1S/C17H23F3N4O2/c18-17(19,20)5-2-15(26)24-8-1-4-16(12-24)11-23(9-3-13(16)25)14-10-21-6-7-22-14/h6-7,10,13,25H,1-5,8-9,11-12H2/t13-,16-/m1/s1. The van der Waals surface area contributed by atoms with Crippen molar-refractivity contribution < 1.29 is 23.1 Å². The van der Waals surface area contributed by atoms with Crippen molar-refractivity contribution in [3.05, 3.63) is 18.6 Å². The fourth-order valence-corrected chi connectivity index (χ4v) is 3.98. The van der Waals surface area contributed by atoms with Gasteiger partial charge in [0.25, 0.3) is 0 Å². The van der Waals surface area contributed by atoms with Gasteiger partial charge in [0, 0.05) is 50.4 Å². The van der Waals surface area contributed by atoms with E-state index in [2.05, 4.69) is 9.97 Å². The SMILES string of the molecule is O=C(CCC(F)(F)F)N1CCC[C@]2(C1)CN(c1cnccn1)CC[C@H]2O. The van der Waals surface area contributed by atoms with Gasteiger partial charge in [0.1, 0.15) is 5.82 Å². The highest BCUT2D eigenvalue weighted by Gasteiger charge is 2.46. The van der Waals surface area contributed by atoms with Gasteiger partial charge in [-0.3, -0.25) is 9.78 Å². The lowest BCUT2D eigenvalue weighted by Gasteiger charge is -2.51. The third-order valence-electron chi connectivity index (χ3n) is 5.34. The number of hydrogen-bond donors (Lipinski definition) is 1. The molecule has 2 aliphatic heterocycles. The first kappa shape index (κ1) is 18.9. The topological polar surface area (TPSA) is 69.6 Å². The summed E-state index contributed by atoms with van der Waals surface area (Å²) in [5, 5.41) is 10.6. The van der Waals surface area contributed by atoms with Crippen LogP contribution in [0.25, 0.3) is 0 Å². The van der Waals surface area contributed by atoms with Crippen LogP contribution in [0.15, 0.2) is 18.6 Å². The highest BCUT2D eigenvalue weighted by Crippen LogP contribution is 2.40. The lowest BCUT2D eigenvalue weighted by molar-refractivity contribution is -0.152. The number of aliphatic hydroxyl groups is 1. The molecule has 3 heterocycles. The number of piperidine rings is 2. The molecule has 144 valence electrons. The van der Waals surface area contributed by atoms with E-state index in [0.717, 1.165) is 6.42 Å². The molecule has 6 nitrogen and oxygen atoms in total. The quantitative estimate of drug-likeness (QED) is 0.879. The van der Waals surface area contributed by atoms with Crippen molar-refractivity contribution in [2.45, 2.75) is 44.4 Å². The molecule has 2 saturated heterocycles. The average Bonchev–Trinajstić information content (AvgIpc) is 2.62. The summed E-state index contributed by atoms with van der Waals surface area (Å²) < 4.78 is 37.2. The van der Waals surface area contributed by atoms with E-state index in [1.54, 1.807) is 18.6 Å². The second-order valence-corrected chi connectivity index (χ2v) is 7.19. The minimum Gasteiger partial charge on any atom is -0.392 e. The Bertz CT molecular complexity index is 628. The molecule has 1 aromatic rings. The summed E-state index contributed by atoms with van der Waals surface area (Å²) >= 11 is 0. The minimum atomic E-state index is -4.34. The summed E-state index contributed by atoms with van der Waals surface area (Å²) in [6.45, 7) is 1.86. The van der Waals surface area contributed by atoms with E-state index in [9.17, 15) is 23.1 Å². The molecule has 1 amide bonds. The monoisotopic (exact) mass is 372 g/mol. The van der Waals surface area contributed by atoms with Crippen molar-refractivity contribution in [1.82, 2.24) is 14.9 Å². The van der Waals surface area contributed by atoms with Gasteiger partial charge in [-0.15, -0.1) is 0 Å². The van der Waals surface area contributed by atoms with Crippen molar-refractivity contribution in [3.8, 4) is 0 Å². The lowest BCUT2D eigenvalue weighted by Crippen LogP contribution is -2.60. The molecule has 2 fully saturated rings. The van der Waals surface area contributed by atoms with Crippen LogP contribution in [0.5, 0.6) is 0 Å². The maximum atomic E-state index is 12.4. The van der Waals surface area contributed by atoms with E-state index in [1.807, 2.05) is 4.90 Å². The molecule has 0 unspecified atom stereocenters. The number of carbonyl (C=O) groups excluding carboxylic acids is 1. The smallest absolute Gasteiger partial charge is 0.389 e. The molecule has 0 saturated carbocycles. The molecule has 1 N–H and O–H groups in total. The first-order valence-electron chi connectivity index (χ1n) is 8.83. The Balaban J connectivity index is 1.70. The second-order valence-electron chi connectivity index (χ2n) is 7.19. The number of anilines is 1. The van der Waals surface area contributed by atoms with E-state index in [-0.39, 0.29) is 6.54 Å². The number of likely N-dealkylation sites (tertiary alicyclic amines) is 1. The lowest BCUT2D eigenvalue weighted by atomic mass is 9.71.